The van der Waals surface area contributed by atoms with Crippen molar-refractivity contribution in [2.24, 2.45) is 5.73 Å². The third-order valence-electron chi connectivity index (χ3n) is 2.22. The molecule has 1 aliphatic rings. The van der Waals surface area contributed by atoms with Crippen molar-refractivity contribution in [3.63, 3.8) is 0 Å². The number of hydrogen-bond acceptors (Lipinski definition) is 4. The Morgan fingerprint density at radius 1 is 1.62 bits per heavy atom. The first-order valence-electron chi connectivity index (χ1n) is 4.48. The topological polar surface area (TPSA) is 78.6 Å². The van der Waals surface area contributed by atoms with Crippen LogP contribution in [0.1, 0.15) is 6.92 Å². The Labute approximate surface area is 77.9 Å². The largest absolute Gasteiger partial charge is 0.394 e. The van der Waals surface area contributed by atoms with Gasteiger partial charge in [-0.1, -0.05) is 0 Å². The molecule has 5 heteroatoms. The number of piperazine rings is 1. The normalized spacial score (nSPS) is 22.5. The Balaban J connectivity index is 2.55. The maximum absolute atomic E-state index is 11.7. The number of nitrogens with two attached hydrogens (primary N) is 1. The lowest BCUT2D eigenvalue weighted by molar-refractivity contribution is -0.138. The Bertz CT molecular complexity index is 188. The zero-order valence-electron chi connectivity index (χ0n) is 7.92. The first-order valence-corrected chi connectivity index (χ1v) is 4.48. The standard InChI is InChI=1S/C8H17N3O2/c1-8(9,6-12)7(13)11-4-2-10-3-5-11/h10,12H,2-6,9H2,1H3. The van der Waals surface area contributed by atoms with Crippen molar-refractivity contribution in [1.82, 2.24) is 10.2 Å². The van der Waals surface area contributed by atoms with Crippen LogP contribution in [0.2, 0.25) is 0 Å². The fourth-order valence-electron chi connectivity index (χ4n) is 1.30. The van der Waals surface area contributed by atoms with E-state index in [2.05, 4.69) is 5.32 Å². The van der Waals surface area contributed by atoms with Gasteiger partial charge in [-0.05, 0) is 6.92 Å². The molecule has 1 unspecified atom stereocenters. The average molecular weight is 187 g/mol. The quantitative estimate of drug-likeness (QED) is 0.473. The molecule has 0 aromatic carbocycles. The number of aliphatic hydroxyl groups excluding tert-OH is 1. The van der Waals surface area contributed by atoms with Crippen molar-refractivity contribution in [1.29, 1.82) is 0 Å². The van der Waals surface area contributed by atoms with Gasteiger partial charge in [0.05, 0.1) is 6.61 Å². The molecule has 1 saturated heterocycles. The summed E-state index contributed by atoms with van der Waals surface area (Å²) in [5.41, 5.74) is 4.50. The van der Waals surface area contributed by atoms with Crippen LogP contribution in [0.3, 0.4) is 0 Å². The van der Waals surface area contributed by atoms with Gasteiger partial charge in [0, 0.05) is 26.2 Å². The lowest BCUT2D eigenvalue weighted by Gasteiger charge is -2.33. The van der Waals surface area contributed by atoms with Gasteiger partial charge < -0.3 is 21.1 Å². The molecule has 0 bridgehead atoms. The van der Waals surface area contributed by atoms with E-state index in [1.807, 2.05) is 0 Å². The molecule has 1 atom stereocenters. The maximum atomic E-state index is 11.7. The minimum absolute atomic E-state index is 0.170. The number of hydrogen-bond donors (Lipinski definition) is 3. The van der Waals surface area contributed by atoms with Crippen LogP contribution >= 0.6 is 0 Å². The van der Waals surface area contributed by atoms with Gasteiger partial charge in [0.15, 0.2) is 0 Å². The van der Waals surface area contributed by atoms with Crippen molar-refractivity contribution >= 4 is 5.91 Å². The lowest BCUT2D eigenvalue weighted by atomic mass is 10.0. The Morgan fingerprint density at radius 3 is 2.62 bits per heavy atom. The molecule has 1 amide bonds. The summed E-state index contributed by atoms with van der Waals surface area (Å²) in [5.74, 6) is -0.170. The summed E-state index contributed by atoms with van der Waals surface area (Å²) < 4.78 is 0. The van der Waals surface area contributed by atoms with Gasteiger partial charge in [-0.3, -0.25) is 4.79 Å². The van der Waals surface area contributed by atoms with Crippen molar-refractivity contribution in [3.8, 4) is 0 Å². The molecular weight excluding hydrogens is 170 g/mol. The summed E-state index contributed by atoms with van der Waals surface area (Å²) in [4.78, 5) is 13.4. The third-order valence-corrected chi connectivity index (χ3v) is 2.22. The summed E-state index contributed by atoms with van der Waals surface area (Å²) in [7, 11) is 0. The van der Waals surface area contributed by atoms with Crippen LogP contribution in [0.5, 0.6) is 0 Å². The molecule has 1 heterocycles. The summed E-state index contributed by atoms with van der Waals surface area (Å²) in [6, 6.07) is 0. The molecule has 0 aromatic heterocycles. The van der Waals surface area contributed by atoms with E-state index in [1.54, 1.807) is 11.8 Å². The van der Waals surface area contributed by atoms with Crippen molar-refractivity contribution in [2.75, 3.05) is 32.8 Å². The van der Waals surface area contributed by atoms with E-state index in [1.165, 1.54) is 0 Å². The van der Waals surface area contributed by atoms with Crippen LogP contribution in [-0.4, -0.2) is 54.2 Å². The highest BCUT2D eigenvalue weighted by Crippen LogP contribution is 2.05. The highest BCUT2D eigenvalue weighted by Gasteiger charge is 2.32. The fourth-order valence-corrected chi connectivity index (χ4v) is 1.30. The molecule has 76 valence electrons. The fraction of sp³-hybridized carbons (Fsp3) is 0.875. The summed E-state index contributed by atoms with van der Waals surface area (Å²) in [6.45, 7) is 4.19. The number of amides is 1. The highest BCUT2D eigenvalue weighted by molar-refractivity contribution is 5.85. The van der Waals surface area contributed by atoms with E-state index in [4.69, 9.17) is 10.8 Å². The van der Waals surface area contributed by atoms with E-state index in [0.29, 0.717) is 13.1 Å². The zero-order chi connectivity index (χ0) is 9.90. The van der Waals surface area contributed by atoms with Crippen LogP contribution in [-0.2, 0) is 4.79 Å². The molecule has 4 N–H and O–H groups in total. The van der Waals surface area contributed by atoms with E-state index < -0.39 is 5.54 Å². The van der Waals surface area contributed by atoms with Crippen molar-refractivity contribution < 1.29 is 9.90 Å². The lowest BCUT2D eigenvalue weighted by Crippen LogP contribution is -2.59. The Kier molecular flexibility index (Phi) is 3.24. The first kappa shape index (κ1) is 10.4. The van der Waals surface area contributed by atoms with Crippen LogP contribution < -0.4 is 11.1 Å². The van der Waals surface area contributed by atoms with E-state index in [-0.39, 0.29) is 12.5 Å². The smallest absolute Gasteiger partial charge is 0.244 e. The zero-order valence-corrected chi connectivity index (χ0v) is 7.92. The van der Waals surface area contributed by atoms with Gasteiger partial charge in [-0.2, -0.15) is 0 Å². The van der Waals surface area contributed by atoms with Crippen LogP contribution in [0.4, 0.5) is 0 Å². The van der Waals surface area contributed by atoms with Crippen molar-refractivity contribution in [2.45, 2.75) is 12.5 Å². The highest BCUT2D eigenvalue weighted by atomic mass is 16.3. The molecule has 1 fully saturated rings. The summed E-state index contributed by atoms with van der Waals surface area (Å²) >= 11 is 0. The van der Waals surface area contributed by atoms with Crippen LogP contribution in [0, 0.1) is 0 Å². The van der Waals surface area contributed by atoms with E-state index >= 15 is 0 Å². The molecule has 0 saturated carbocycles. The van der Waals surface area contributed by atoms with Gasteiger partial charge in [-0.25, -0.2) is 0 Å². The molecule has 0 radical (unpaired) electrons. The van der Waals surface area contributed by atoms with Gasteiger partial charge >= 0.3 is 0 Å². The molecular formula is C8H17N3O2. The predicted octanol–water partition coefficient (Wildman–Crippen LogP) is -1.87. The molecule has 1 aliphatic heterocycles. The monoisotopic (exact) mass is 187 g/mol. The van der Waals surface area contributed by atoms with Gasteiger partial charge in [0.25, 0.3) is 0 Å². The SMILES string of the molecule is CC(N)(CO)C(=O)N1CCNCC1. The summed E-state index contributed by atoms with van der Waals surface area (Å²) in [6.07, 6.45) is 0. The molecule has 0 aliphatic carbocycles. The van der Waals surface area contributed by atoms with E-state index in [0.717, 1.165) is 13.1 Å². The maximum Gasteiger partial charge on any atom is 0.244 e. The Morgan fingerprint density at radius 2 is 2.15 bits per heavy atom. The van der Waals surface area contributed by atoms with Gasteiger partial charge in [0.2, 0.25) is 5.91 Å². The second-order valence-corrected chi connectivity index (χ2v) is 3.62. The number of aliphatic hydroxyl groups is 1. The number of carbonyl (C=O) groups excluding carboxylic acids is 1. The van der Waals surface area contributed by atoms with Gasteiger partial charge in [0.1, 0.15) is 5.54 Å². The molecule has 0 aromatic rings. The van der Waals surface area contributed by atoms with Crippen LogP contribution in [0.15, 0.2) is 0 Å². The number of rotatable bonds is 2. The van der Waals surface area contributed by atoms with Crippen LogP contribution in [0.25, 0.3) is 0 Å². The predicted molar refractivity (Wildman–Crippen MR) is 49.1 cm³/mol. The number of nitrogens with zero attached hydrogens (tertiary/aromatic N) is 1. The molecule has 0 spiro atoms. The van der Waals surface area contributed by atoms with E-state index in [9.17, 15) is 4.79 Å². The second kappa shape index (κ2) is 4.04. The molecule has 13 heavy (non-hydrogen) atoms. The van der Waals surface area contributed by atoms with Gasteiger partial charge in [-0.15, -0.1) is 0 Å². The molecule has 5 nitrogen and oxygen atoms in total. The number of nitrogens with one attached hydrogen (secondary N) is 1. The minimum atomic E-state index is -1.13. The molecule has 1 rings (SSSR count). The van der Waals surface area contributed by atoms with Crippen molar-refractivity contribution in [3.05, 3.63) is 0 Å². The minimum Gasteiger partial charge on any atom is -0.394 e. The number of carbonyl (C=O) groups is 1. The summed E-state index contributed by atoms with van der Waals surface area (Å²) in [5, 5.41) is 12.0. The average Bonchev–Trinajstić information content (AvgIpc) is 2.18. The first-order chi connectivity index (χ1) is 6.08. The second-order valence-electron chi connectivity index (χ2n) is 3.62. The third kappa shape index (κ3) is 2.40. The Hall–Kier alpha value is -0.650.